The van der Waals surface area contributed by atoms with Crippen molar-refractivity contribution >= 4 is 16.9 Å². The smallest absolute Gasteiger partial charge is 0.371 e. The number of hydrogen-bond donors (Lipinski definition) is 1. The molecule has 1 heterocycles. The average Bonchev–Trinajstić information content (AvgIpc) is 2.23. The zero-order valence-corrected chi connectivity index (χ0v) is 6.98. The molecule has 0 fully saturated rings. The van der Waals surface area contributed by atoms with Gasteiger partial charge in [-0.2, -0.15) is 0 Å². The van der Waals surface area contributed by atoms with Crippen molar-refractivity contribution in [3.05, 3.63) is 46.3 Å². The molecule has 0 spiro atoms. The molecule has 0 amide bonds. The number of hydrogen-bond acceptors (Lipinski definition) is 3. The fraction of sp³-hybridized carbons (Fsp3) is 0. The van der Waals surface area contributed by atoms with E-state index in [1.807, 2.05) is 0 Å². The second-order valence-corrected chi connectivity index (χ2v) is 2.69. The van der Waals surface area contributed by atoms with Crippen molar-refractivity contribution in [1.82, 2.24) is 0 Å². The molecule has 1 aromatic carbocycles. The van der Waals surface area contributed by atoms with Crippen LogP contribution in [0, 0.1) is 0 Å². The van der Waals surface area contributed by atoms with E-state index in [-0.39, 0.29) is 11.0 Å². The Kier molecular flexibility index (Phi) is 1.56. The van der Waals surface area contributed by atoms with E-state index in [1.54, 1.807) is 12.1 Å². The highest BCUT2D eigenvalue weighted by atomic mass is 16.4. The van der Waals surface area contributed by atoms with Crippen LogP contribution in [0.25, 0.3) is 11.0 Å². The molecule has 0 aliphatic carbocycles. The largest absolute Gasteiger partial charge is 0.475 e. The van der Waals surface area contributed by atoms with Gasteiger partial charge in [-0.25, -0.2) is 4.79 Å². The van der Waals surface area contributed by atoms with Crippen molar-refractivity contribution in [2.45, 2.75) is 0 Å². The summed E-state index contributed by atoms with van der Waals surface area (Å²) >= 11 is 0. The first-order valence-corrected chi connectivity index (χ1v) is 3.87. The summed E-state index contributed by atoms with van der Waals surface area (Å²) in [6, 6.07) is 5.61. The molecule has 1 aromatic heterocycles. The first-order chi connectivity index (χ1) is 7.11. The van der Waals surface area contributed by atoms with Gasteiger partial charge in [0.15, 0.2) is 5.43 Å². The van der Waals surface area contributed by atoms with E-state index in [0.717, 1.165) is 0 Å². The quantitative estimate of drug-likeness (QED) is 0.741. The Morgan fingerprint density at radius 3 is 2.86 bits per heavy atom. The minimum atomic E-state index is -1.41. The summed E-state index contributed by atoms with van der Waals surface area (Å²) in [5.41, 5.74) is -0.454. The van der Waals surface area contributed by atoms with Crippen molar-refractivity contribution in [2.75, 3.05) is 0 Å². The van der Waals surface area contributed by atoms with Crippen LogP contribution >= 0.6 is 0 Å². The highest BCUT2D eigenvalue weighted by Gasteiger charge is 2.09. The highest BCUT2D eigenvalue weighted by Crippen LogP contribution is 2.11. The molecule has 14 heavy (non-hydrogen) atoms. The van der Waals surface area contributed by atoms with Crippen LogP contribution in [0.1, 0.15) is 11.9 Å². The fourth-order valence-electron chi connectivity index (χ4n) is 1.15. The van der Waals surface area contributed by atoms with E-state index in [9.17, 15) is 9.59 Å². The van der Waals surface area contributed by atoms with Crippen LogP contribution in [0.5, 0.6) is 0 Å². The van der Waals surface area contributed by atoms with Crippen LogP contribution in [0.2, 0.25) is 0 Å². The van der Waals surface area contributed by atoms with Gasteiger partial charge >= 0.3 is 5.97 Å². The second-order valence-electron chi connectivity index (χ2n) is 2.69. The maximum absolute atomic E-state index is 11.5. The number of para-hydroxylation sites is 1. The molecule has 0 saturated heterocycles. The monoisotopic (exact) mass is 191 g/mol. The summed E-state index contributed by atoms with van der Waals surface area (Å²) in [6.07, 6.45) is 0. The minimum absolute atomic E-state index is 0.177. The third-order valence-corrected chi connectivity index (χ3v) is 1.77. The number of carboxylic acids is 1. The minimum Gasteiger partial charge on any atom is -0.475 e. The van der Waals surface area contributed by atoms with Crippen LogP contribution in [0.3, 0.4) is 0 Å². The predicted molar refractivity (Wildman–Crippen MR) is 49.4 cm³/mol. The molecular weight excluding hydrogens is 184 g/mol. The zero-order valence-electron chi connectivity index (χ0n) is 7.98. The van der Waals surface area contributed by atoms with Crippen LogP contribution in [0.15, 0.2) is 39.5 Å². The number of carboxylic acid groups (broad SMARTS) is 1. The van der Waals surface area contributed by atoms with E-state index in [4.69, 9.17) is 10.9 Å². The summed E-state index contributed by atoms with van der Waals surface area (Å²) in [4.78, 5) is 22.2. The molecule has 2 aromatic rings. The van der Waals surface area contributed by atoms with Crippen molar-refractivity contribution in [3.63, 3.8) is 0 Å². The number of rotatable bonds is 1. The van der Waals surface area contributed by atoms with Crippen molar-refractivity contribution in [3.8, 4) is 0 Å². The lowest BCUT2D eigenvalue weighted by Gasteiger charge is -1.97. The van der Waals surface area contributed by atoms with Crippen molar-refractivity contribution in [1.29, 1.82) is 0 Å². The maximum atomic E-state index is 11.5. The first kappa shape index (κ1) is 7.32. The molecule has 0 saturated carbocycles. The lowest BCUT2D eigenvalue weighted by atomic mass is 10.2. The predicted octanol–water partition coefficient (Wildman–Crippen LogP) is 1.49. The van der Waals surface area contributed by atoms with Gasteiger partial charge < -0.3 is 9.52 Å². The van der Waals surface area contributed by atoms with Gasteiger partial charge in [-0.05, 0) is 12.1 Å². The van der Waals surface area contributed by atoms with Crippen LogP contribution in [0.4, 0.5) is 0 Å². The molecular formula is C10H6O4. The zero-order chi connectivity index (χ0) is 11.0. The molecule has 0 unspecified atom stereocenters. The number of carbonyl (C=O) groups is 1. The van der Waals surface area contributed by atoms with Gasteiger partial charge in [0.25, 0.3) is 0 Å². The molecule has 2 rings (SSSR count). The SMILES string of the molecule is [2H]c1c(C(=O)O)oc2ccccc2c1=O. The molecule has 0 radical (unpaired) electrons. The summed E-state index contributed by atoms with van der Waals surface area (Å²) < 4.78 is 12.3. The number of aromatic carboxylic acids is 1. The lowest BCUT2D eigenvalue weighted by molar-refractivity contribution is 0.0663. The molecule has 0 atom stereocenters. The molecule has 0 bridgehead atoms. The van der Waals surface area contributed by atoms with E-state index >= 15 is 0 Å². The van der Waals surface area contributed by atoms with Gasteiger partial charge in [-0.1, -0.05) is 12.1 Å². The Morgan fingerprint density at radius 1 is 1.43 bits per heavy atom. The molecule has 0 aliphatic rings. The Labute approximate surface area is 79.8 Å². The molecule has 1 N–H and O–H groups in total. The normalized spacial score (nSPS) is 11.3. The van der Waals surface area contributed by atoms with Gasteiger partial charge in [-0.3, -0.25) is 4.79 Å². The average molecular weight is 191 g/mol. The molecule has 4 heteroatoms. The first-order valence-electron chi connectivity index (χ1n) is 4.37. The molecule has 4 nitrogen and oxygen atoms in total. The summed E-state index contributed by atoms with van der Waals surface area (Å²) in [6.45, 7) is 0. The number of fused-ring (bicyclic) bond motifs is 1. The Hall–Kier alpha value is -2.10. The number of benzene rings is 1. The topological polar surface area (TPSA) is 67.5 Å². The van der Waals surface area contributed by atoms with Gasteiger partial charge in [0.1, 0.15) is 5.58 Å². The van der Waals surface area contributed by atoms with Gasteiger partial charge in [0.2, 0.25) is 5.76 Å². The third kappa shape index (κ3) is 1.26. The highest BCUT2D eigenvalue weighted by molar-refractivity contribution is 5.87. The van der Waals surface area contributed by atoms with Gasteiger partial charge in [0, 0.05) is 6.04 Å². The summed E-state index contributed by atoms with van der Waals surface area (Å²) in [7, 11) is 0. The summed E-state index contributed by atoms with van der Waals surface area (Å²) in [5.74, 6) is -2.04. The van der Waals surface area contributed by atoms with Gasteiger partial charge in [0.05, 0.1) is 6.76 Å². The molecule has 70 valence electrons. The van der Waals surface area contributed by atoms with Crippen LogP contribution in [-0.2, 0) is 0 Å². The fourth-order valence-corrected chi connectivity index (χ4v) is 1.15. The summed E-state index contributed by atoms with van der Waals surface area (Å²) in [5, 5.41) is 8.91. The van der Waals surface area contributed by atoms with Crippen molar-refractivity contribution < 1.29 is 15.7 Å². The van der Waals surface area contributed by atoms with Crippen LogP contribution in [-0.4, -0.2) is 11.1 Å². The Morgan fingerprint density at radius 2 is 2.14 bits per heavy atom. The lowest BCUT2D eigenvalue weighted by Crippen LogP contribution is -2.05. The van der Waals surface area contributed by atoms with E-state index < -0.39 is 23.2 Å². The van der Waals surface area contributed by atoms with E-state index in [1.165, 1.54) is 12.1 Å². The molecule has 0 aliphatic heterocycles. The Balaban J connectivity index is 2.95. The van der Waals surface area contributed by atoms with Crippen molar-refractivity contribution in [2.24, 2.45) is 0 Å². The van der Waals surface area contributed by atoms with Gasteiger partial charge in [-0.15, -0.1) is 0 Å². The second kappa shape index (κ2) is 2.99. The van der Waals surface area contributed by atoms with E-state index in [2.05, 4.69) is 0 Å². The third-order valence-electron chi connectivity index (χ3n) is 1.77. The van der Waals surface area contributed by atoms with Crippen LogP contribution < -0.4 is 5.43 Å². The maximum Gasteiger partial charge on any atom is 0.371 e. The van der Waals surface area contributed by atoms with E-state index in [0.29, 0.717) is 0 Å². The standard InChI is InChI=1S/C10H6O4/c11-7-5-9(10(12)13)14-8-4-2-1-3-6(7)8/h1-5H,(H,12,13)/i5D. The Bertz CT molecular complexity index is 600.